The van der Waals surface area contributed by atoms with Crippen LogP contribution in [0.4, 0.5) is 5.69 Å². The second kappa shape index (κ2) is 8.75. The van der Waals surface area contributed by atoms with Crippen LogP contribution in [0.3, 0.4) is 0 Å². The van der Waals surface area contributed by atoms with Crippen molar-refractivity contribution in [3.05, 3.63) is 68.2 Å². The summed E-state index contributed by atoms with van der Waals surface area (Å²) in [6, 6.07) is 6.71. The molecule has 0 spiro atoms. The van der Waals surface area contributed by atoms with Gasteiger partial charge in [-0.1, -0.05) is 0 Å². The van der Waals surface area contributed by atoms with E-state index in [9.17, 15) is 33.5 Å². The first-order valence-electron chi connectivity index (χ1n) is 7.65. The summed E-state index contributed by atoms with van der Waals surface area (Å²) >= 11 is 3.01. The van der Waals surface area contributed by atoms with Gasteiger partial charge in [0.25, 0.3) is 5.69 Å². The molecule has 2 atom stereocenters. The van der Waals surface area contributed by atoms with Crippen LogP contribution in [0.25, 0.3) is 0 Å². The van der Waals surface area contributed by atoms with Crippen LogP contribution < -0.4 is 4.72 Å². The van der Waals surface area contributed by atoms with Crippen molar-refractivity contribution in [2.45, 2.75) is 17.0 Å². The highest BCUT2D eigenvalue weighted by molar-refractivity contribution is 9.10. The van der Waals surface area contributed by atoms with Crippen LogP contribution in [0.1, 0.15) is 22.0 Å². The average molecular weight is 475 g/mol. The number of sulfonamides is 1. The van der Waals surface area contributed by atoms with E-state index in [1.165, 1.54) is 18.2 Å². The molecule has 0 saturated carbocycles. The third-order valence-corrected chi connectivity index (χ3v) is 5.99. The number of aliphatic hydroxyl groups is 2. The highest BCUT2D eigenvalue weighted by Gasteiger charge is 2.27. The van der Waals surface area contributed by atoms with E-state index < -0.39 is 39.7 Å². The van der Waals surface area contributed by atoms with Crippen LogP contribution in [0.15, 0.2) is 51.8 Å². The number of aliphatic hydroxyl groups excluding tert-OH is 2. The number of carboxylic acids is 1. The number of nitrogens with one attached hydrogen (secondary N) is 1. The average Bonchev–Trinajstić information content (AvgIpc) is 2.65. The molecule has 12 heteroatoms. The summed E-state index contributed by atoms with van der Waals surface area (Å²) in [7, 11) is -4.28. The summed E-state index contributed by atoms with van der Waals surface area (Å²) < 4.78 is 27.4. The zero-order valence-electron chi connectivity index (χ0n) is 14.0. The van der Waals surface area contributed by atoms with Crippen LogP contribution in [0, 0.1) is 10.1 Å². The molecular weight excluding hydrogens is 460 g/mol. The van der Waals surface area contributed by atoms with Gasteiger partial charge in [-0.3, -0.25) is 10.1 Å². The first-order chi connectivity index (χ1) is 13.1. The monoisotopic (exact) mass is 474 g/mol. The largest absolute Gasteiger partial charge is 0.478 e. The van der Waals surface area contributed by atoms with Crippen molar-refractivity contribution in [2.24, 2.45) is 0 Å². The molecular formula is C16H15BrN2O8S. The maximum Gasteiger partial charge on any atom is 0.336 e. The lowest BCUT2D eigenvalue weighted by molar-refractivity contribution is -0.384. The van der Waals surface area contributed by atoms with Gasteiger partial charge in [0.05, 0.1) is 34.1 Å². The van der Waals surface area contributed by atoms with Crippen molar-refractivity contribution in [3.63, 3.8) is 0 Å². The number of nitro benzene ring substituents is 1. The number of hydrogen-bond acceptors (Lipinski definition) is 7. The Hall–Kier alpha value is -2.38. The van der Waals surface area contributed by atoms with E-state index in [0.717, 1.165) is 24.3 Å². The van der Waals surface area contributed by atoms with Crippen molar-refractivity contribution in [1.29, 1.82) is 0 Å². The van der Waals surface area contributed by atoms with Gasteiger partial charge >= 0.3 is 5.97 Å². The number of carboxylic acid groups (broad SMARTS) is 1. The maximum absolute atomic E-state index is 12.5. The highest BCUT2D eigenvalue weighted by Crippen LogP contribution is 2.24. The summed E-state index contributed by atoms with van der Waals surface area (Å²) in [6.07, 6.45) is -1.50. The molecule has 0 aromatic heterocycles. The fraction of sp³-hybridized carbons (Fsp3) is 0.188. The first kappa shape index (κ1) is 21.9. The van der Waals surface area contributed by atoms with E-state index in [0.29, 0.717) is 0 Å². The number of non-ortho nitro benzene ring substituents is 1. The van der Waals surface area contributed by atoms with Crippen LogP contribution in [-0.2, 0) is 10.0 Å². The van der Waals surface area contributed by atoms with E-state index in [-0.39, 0.29) is 26.2 Å². The molecule has 0 heterocycles. The lowest BCUT2D eigenvalue weighted by Gasteiger charge is -2.22. The smallest absolute Gasteiger partial charge is 0.336 e. The topological polar surface area (TPSA) is 167 Å². The summed E-state index contributed by atoms with van der Waals surface area (Å²) in [5.41, 5.74) is -0.345. The van der Waals surface area contributed by atoms with E-state index in [1.54, 1.807) is 0 Å². The predicted molar refractivity (Wildman–Crippen MR) is 100 cm³/mol. The van der Waals surface area contributed by atoms with Gasteiger partial charge in [0.1, 0.15) is 0 Å². The number of rotatable bonds is 8. The molecule has 150 valence electrons. The van der Waals surface area contributed by atoms with Crippen LogP contribution in [0.5, 0.6) is 0 Å². The molecule has 2 rings (SSSR count). The van der Waals surface area contributed by atoms with E-state index in [4.69, 9.17) is 5.11 Å². The summed E-state index contributed by atoms with van der Waals surface area (Å²) in [4.78, 5) is 20.9. The fourth-order valence-electron chi connectivity index (χ4n) is 2.33. The quantitative estimate of drug-likeness (QED) is 0.329. The molecule has 4 N–H and O–H groups in total. The molecule has 0 aliphatic carbocycles. The standard InChI is InChI=1S/C16H15BrN2O8S/c17-13-6-5-11(7-12(13)16(22)23)28(26,27)18-14(8-20)15(21)9-1-3-10(4-2-9)19(24)25/h1-7,14-15,18,20-21H,8H2,(H,22,23)/t14-,15-/m0/s1. The molecule has 0 amide bonds. The zero-order valence-corrected chi connectivity index (χ0v) is 16.4. The summed E-state index contributed by atoms with van der Waals surface area (Å²) in [5, 5.41) is 39.6. The summed E-state index contributed by atoms with van der Waals surface area (Å²) in [6.45, 7) is -0.778. The van der Waals surface area contributed by atoms with Gasteiger partial charge in [-0.25, -0.2) is 17.9 Å². The Labute approximate surface area is 167 Å². The first-order valence-corrected chi connectivity index (χ1v) is 9.93. The molecule has 0 aliphatic heterocycles. The third-order valence-electron chi connectivity index (χ3n) is 3.81. The van der Waals surface area contributed by atoms with Crippen LogP contribution in [0.2, 0.25) is 0 Å². The van der Waals surface area contributed by atoms with Gasteiger partial charge < -0.3 is 15.3 Å². The Morgan fingerprint density at radius 1 is 1.21 bits per heavy atom. The van der Waals surface area contributed by atoms with Crippen molar-refractivity contribution in [2.75, 3.05) is 6.61 Å². The van der Waals surface area contributed by atoms with Crippen molar-refractivity contribution in [3.8, 4) is 0 Å². The van der Waals surface area contributed by atoms with Gasteiger partial charge in [-0.2, -0.15) is 0 Å². The SMILES string of the molecule is O=C(O)c1cc(S(=O)(=O)N[C@@H](CO)[C@@H](O)c2ccc([N+](=O)[O-])cc2)ccc1Br. The van der Waals surface area contributed by atoms with E-state index in [2.05, 4.69) is 20.7 Å². The second-order valence-corrected chi connectivity index (χ2v) is 8.22. The molecule has 2 aromatic carbocycles. The Morgan fingerprint density at radius 2 is 1.82 bits per heavy atom. The Morgan fingerprint density at radius 3 is 2.32 bits per heavy atom. The van der Waals surface area contributed by atoms with Crippen molar-refractivity contribution in [1.82, 2.24) is 4.72 Å². The van der Waals surface area contributed by atoms with Gasteiger partial charge in [-0.05, 0) is 51.8 Å². The van der Waals surface area contributed by atoms with Gasteiger partial charge in [0.2, 0.25) is 10.0 Å². The zero-order chi connectivity index (χ0) is 21.1. The molecule has 0 fully saturated rings. The van der Waals surface area contributed by atoms with E-state index >= 15 is 0 Å². The molecule has 0 aliphatic rings. The number of benzene rings is 2. The van der Waals surface area contributed by atoms with Gasteiger partial charge in [0.15, 0.2) is 0 Å². The van der Waals surface area contributed by atoms with Gasteiger partial charge in [-0.15, -0.1) is 0 Å². The molecule has 2 aromatic rings. The minimum atomic E-state index is -4.28. The minimum Gasteiger partial charge on any atom is -0.478 e. The molecule has 0 unspecified atom stereocenters. The fourth-order valence-corrected chi connectivity index (χ4v) is 4.00. The summed E-state index contributed by atoms with van der Waals surface area (Å²) in [5.74, 6) is -1.34. The number of nitro groups is 1. The number of nitrogens with zero attached hydrogens (tertiary/aromatic N) is 1. The number of aromatic carboxylic acids is 1. The number of hydrogen-bond donors (Lipinski definition) is 4. The molecule has 0 saturated heterocycles. The molecule has 10 nitrogen and oxygen atoms in total. The maximum atomic E-state index is 12.5. The van der Waals surface area contributed by atoms with Crippen molar-refractivity contribution < 1.29 is 33.5 Å². The van der Waals surface area contributed by atoms with E-state index in [1.807, 2.05) is 0 Å². The number of halogens is 1. The lowest BCUT2D eigenvalue weighted by atomic mass is 10.0. The number of carbonyl (C=O) groups is 1. The lowest BCUT2D eigenvalue weighted by Crippen LogP contribution is -2.41. The van der Waals surface area contributed by atoms with Crippen LogP contribution in [-0.4, -0.2) is 47.3 Å². The molecule has 0 bridgehead atoms. The Balaban J connectivity index is 2.28. The Kier molecular flexibility index (Phi) is 6.85. The van der Waals surface area contributed by atoms with Crippen LogP contribution >= 0.6 is 15.9 Å². The van der Waals surface area contributed by atoms with Gasteiger partial charge in [0, 0.05) is 16.6 Å². The highest BCUT2D eigenvalue weighted by atomic mass is 79.9. The normalized spacial score (nSPS) is 13.7. The predicted octanol–water partition coefficient (Wildman–Crippen LogP) is 1.43. The second-order valence-electron chi connectivity index (χ2n) is 5.65. The minimum absolute atomic E-state index is 0.148. The Bertz CT molecular complexity index is 994. The molecule has 28 heavy (non-hydrogen) atoms. The molecule has 0 radical (unpaired) electrons. The van der Waals surface area contributed by atoms with Crippen molar-refractivity contribution >= 4 is 37.6 Å². The third kappa shape index (κ3) is 4.91.